The van der Waals surface area contributed by atoms with Crippen molar-refractivity contribution in [1.82, 2.24) is 0 Å². The first-order valence-electron chi connectivity index (χ1n) is 5.86. The summed E-state index contributed by atoms with van der Waals surface area (Å²) < 4.78 is 12.0. The minimum atomic E-state index is -1.96. The molecule has 0 rings (SSSR count). The summed E-state index contributed by atoms with van der Waals surface area (Å²) in [6.07, 6.45) is 0. The van der Waals surface area contributed by atoms with Gasteiger partial charge in [-0.1, -0.05) is 25.2 Å². The molecule has 0 heterocycles. The van der Waals surface area contributed by atoms with Crippen molar-refractivity contribution in [3.8, 4) is 0 Å². The molecule has 0 aromatic carbocycles. The van der Waals surface area contributed by atoms with E-state index >= 15 is 0 Å². The molecule has 0 aliphatic carbocycles. The van der Waals surface area contributed by atoms with Crippen molar-refractivity contribution in [3.05, 3.63) is 24.6 Å². The second-order valence-electron chi connectivity index (χ2n) is 4.37. The molecule has 5 heteroatoms. The monoisotopic (exact) mass is 276 g/mol. The quantitative estimate of drug-likeness (QED) is 0.688. The zero-order valence-corrected chi connectivity index (χ0v) is 15.1. The van der Waals surface area contributed by atoms with Crippen LogP contribution in [0.15, 0.2) is 24.6 Å². The van der Waals surface area contributed by atoms with E-state index in [2.05, 4.69) is 45.9 Å². The van der Waals surface area contributed by atoms with Crippen LogP contribution in [0.25, 0.3) is 0 Å². The molecule has 0 saturated heterocycles. The minimum absolute atomic E-state index is 1.22. The molecule has 0 radical (unpaired) electrons. The van der Waals surface area contributed by atoms with Gasteiger partial charge in [-0.2, -0.15) is 0 Å². The number of rotatable bonds is 6. The molecule has 0 aliphatic heterocycles. The van der Waals surface area contributed by atoms with Crippen molar-refractivity contribution in [1.29, 1.82) is 0 Å². The molecule has 0 N–H and O–H groups in total. The van der Waals surface area contributed by atoms with Crippen molar-refractivity contribution >= 4 is 25.9 Å². The summed E-state index contributed by atoms with van der Waals surface area (Å²) in [6.45, 7) is 22.2. The van der Waals surface area contributed by atoms with Crippen LogP contribution in [-0.2, 0) is 8.23 Å². The van der Waals surface area contributed by atoms with E-state index in [1.165, 1.54) is 0 Å². The Morgan fingerprint density at radius 3 is 1.81 bits per heavy atom. The van der Waals surface area contributed by atoms with Gasteiger partial charge in [0.25, 0.3) is 0 Å². The van der Waals surface area contributed by atoms with Crippen LogP contribution in [0.4, 0.5) is 0 Å². The molecule has 1 unspecified atom stereocenters. The molecular formula is C11H28O2Si3. The molecule has 0 aliphatic rings. The van der Waals surface area contributed by atoms with Crippen molar-refractivity contribution in [2.45, 2.75) is 46.6 Å². The molecule has 0 bridgehead atoms. The summed E-state index contributed by atoms with van der Waals surface area (Å²) in [5.41, 5.74) is 3.88. The second-order valence-corrected chi connectivity index (χ2v) is 14.4. The molecule has 0 fully saturated rings. The van der Waals surface area contributed by atoms with Crippen molar-refractivity contribution < 1.29 is 8.23 Å². The number of hydrogen-bond acceptors (Lipinski definition) is 2. The summed E-state index contributed by atoms with van der Waals surface area (Å²) in [6, 6.07) is 0. The zero-order chi connectivity index (χ0) is 13.4. The van der Waals surface area contributed by atoms with E-state index in [9.17, 15) is 0 Å². The van der Waals surface area contributed by atoms with E-state index in [1.807, 2.05) is 25.2 Å². The molecular weight excluding hydrogens is 248 g/mol. The first-order chi connectivity index (χ1) is 7.22. The minimum Gasteiger partial charge on any atom is -0.436 e. The van der Waals surface area contributed by atoms with Crippen LogP contribution in [0.2, 0.25) is 32.7 Å². The van der Waals surface area contributed by atoms with Crippen LogP contribution >= 0.6 is 0 Å². The molecule has 0 aromatic heterocycles. The van der Waals surface area contributed by atoms with Gasteiger partial charge in [0.05, 0.1) is 0 Å². The molecule has 1 atom stereocenters. The van der Waals surface area contributed by atoms with Crippen LogP contribution in [0.3, 0.4) is 0 Å². The SMILES string of the molecule is C=C[SiH](C)O[Si](C)(C)O[Si](C)(C)C=C.CC. The highest BCUT2D eigenvalue weighted by Gasteiger charge is 2.33. The van der Waals surface area contributed by atoms with Crippen molar-refractivity contribution in [2.75, 3.05) is 0 Å². The average Bonchev–Trinajstić information content (AvgIpc) is 2.18. The molecule has 2 nitrogen and oxygen atoms in total. The zero-order valence-electron chi connectivity index (χ0n) is 12.0. The maximum Gasteiger partial charge on any atom is 0.311 e. The van der Waals surface area contributed by atoms with E-state index in [0.717, 1.165) is 0 Å². The van der Waals surface area contributed by atoms with E-state index in [4.69, 9.17) is 8.23 Å². The van der Waals surface area contributed by atoms with Crippen molar-refractivity contribution in [2.24, 2.45) is 0 Å². The second kappa shape index (κ2) is 8.19. The highest BCUT2D eigenvalue weighted by molar-refractivity contribution is 6.87. The lowest BCUT2D eigenvalue weighted by Crippen LogP contribution is -2.47. The summed E-state index contributed by atoms with van der Waals surface area (Å²) in [4.78, 5) is 0. The summed E-state index contributed by atoms with van der Waals surface area (Å²) in [5.74, 6) is 0. The molecule has 96 valence electrons. The van der Waals surface area contributed by atoms with Gasteiger partial charge in [0.2, 0.25) is 0 Å². The third kappa shape index (κ3) is 9.29. The Morgan fingerprint density at radius 2 is 1.50 bits per heavy atom. The van der Waals surface area contributed by atoms with Crippen LogP contribution in [-0.4, -0.2) is 25.9 Å². The summed E-state index contributed by atoms with van der Waals surface area (Å²) in [7, 11) is -4.88. The molecule has 0 amide bonds. The van der Waals surface area contributed by atoms with Crippen molar-refractivity contribution in [3.63, 3.8) is 0 Å². The lowest BCUT2D eigenvalue weighted by atomic mass is 11.0. The summed E-state index contributed by atoms with van der Waals surface area (Å²) in [5, 5.41) is 0. The predicted octanol–water partition coefficient (Wildman–Crippen LogP) is 3.76. The normalized spacial score (nSPS) is 13.4. The van der Waals surface area contributed by atoms with Crippen LogP contribution in [0, 0.1) is 0 Å². The predicted molar refractivity (Wildman–Crippen MR) is 81.9 cm³/mol. The smallest absolute Gasteiger partial charge is 0.311 e. The van der Waals surface area contributed by atoms with Crippen LogP contribution in [0.5, 0.6) is 0 Å². The Morgan fingerprint density at radius 1 is 1.06 bits per heavy atom. The fraction of sp³-hybridized carbons (Fsp3) is 0.636. The van der Waals surface area contributed by atoms with Gasteiger partial charge in [-0.3, -0.25) is 0 Å². The molecule has 0 aromatic rings. The lowest BCUT2D eigenvalue weighted by molar-refractivity contribution is 0.409. The standard InChI is InChI=1S/C9H22O2Si3.C2H6/c1-8-12(3)10-14(6,7)11-13(4,5)9-2;1-2/h8-9,12H,1-2H2,3-7H3;1-2H3. The van der Waals surface area contributed by atoms with Gasteiger partial charge in [0, 0.05) is 0 Å². The number of hydrogen-bond donors (Lipinski definition) is 0. The van der Waals surface area contributed by atoms with Crippen LogP contribution in [0.1, 0.15) is 13.8 Å². The Hall–Kier alpha value is 0.0506. The van der Waals surface area contributed by atoms with E-state index in [1.54, 1.807) is 0 Å². The highest BCUT2D eigenvalue weighted by Crippen LogP contribution is 2.17. The van der Waals surface area contributed by atoms with E-state index in [0.29, 0.717) is 0 Å². The van der Waals surface area contributed by atoms with Gasteiger partial charge in [0.15, 0.2) is 17.4 Å². The van der Waals surface area contributed by atoms with Crippen LogP contribution < -0.4 is 0 Å². The first-order valence-corrected chi connectivity index (χ1v) is 14.0. The lowest BCUT2D eigenvalue weighted by Gasteiger charge is -2.32. The van der Waals surface area contributed by atoms with Gasteiger partial charge in [-0.15, -0.1) is 13.2 Å². The highest BCUT2D eigenvalue weighted by atomic mass is 28.5. The maximum atomic E-state index is 6.07. The first kappa shape index (κ1) is 18.4. The van der Waals surface area contributed by atoms with E-state index in [-0.39, 0.29) is 0 Å². The molecule has 0 saturated carbocycles. The largest absolute Gasteiger partial charge is 0.436 e. The Bertz CT molecular complexity index is 215. The Labute approximate surface area is 105 Å². The van der Waals surface area contributed by atoms with Gasteiger partial charge < -0.3 is 8.23 Å². The average molecular weight is 277 g/mol. The topological polar surface area (TPSA) is 18.5 Å². The fourth-order valence-electron chi connectivity index (χ4n) is 1.19. The van der Waals surface area contributed by atoms with Gasteiger partial charge in [-0.05, 0) is 32.7 Å². The third-order valence-electron chi connectivity index (χ3n) is 1.80. The summed E-state index contributed by atoms with van der Waals surface area (Å²) >= 11 is 0. The third-order valence-corrected chi connectivity index (χ3v) is 11.3. The molecule has 16 heavy (non-hydrogen) atoms. The molecule has 0 spiro atoms. The van der Waals surface area contributed by atoms with E-state index < -0.39 is 25.9 Å². The Kier molecular flexibility index (Phi) is 9.42. The van der Waals surface area contributed by atoms with Gasteiger partial charge >= 0.3 is 8.56 Å². The van der Waals surface area contributed by atoms with Gasteiger partial charge in [0.1, 0.15) is 0 Å². The maximum absolute atomic E-state index is 6.07. The Balaban J connectivity index is 0. The fourth-order valence-corrected chi connectivity index (χ4v) is 11.2. The van der Waals surface area contributed by atoms with Gasteiger partial charge in [-0.25, -0.2) is 0 Å².